The topological polar surface area (TPSA) is 136 Å². The summed E-state index contributed by atoms with van der Waals surface area (Å²) in [7, 11) is -2.88. The zero-order valence-corrected chi connectivity index (χ0v) is 25.3. The third-order valence-electron chi connectivity index (χ3n) is 10.8. The molecule has 1 aromatic rings. The zero-order chi connectivity index (χ0) is 30.1. The number of Topliss-reactive ketones (excluding diaryl/α,β-unsaturated/α-hetero) is 1. The molecule has 1 heterocycles. The molecule has 0 amide bonds. The highest BCUT2D eigenvalue weighted by Gasteiger charge is 2.77. The minimum absolute atomic E-state index is 0.0341. The number of nitrogens with zero attached hydrogens (tertiary/aromatic N) is 2. The highest BCUT2D eigenvalue weighted by Crippen LogP contribution is 2.72. The van der Waals surface area contributed by atoms with Gasteiger partial charge in [-0.25, -0.2) is 8.42 Å². The van der Waals surface area contributed by atoms with Gasteiger partial charge in [0.25, 0.3) is 5.69 Å². The van der Waals surface area contributed by atoms with Gasteiger partial charge in [-0.15, -0.1) is 0 Å². The Morgan fingerprint density at radius 3 is 2.39 bits per heavy atom. The van der Waals surface area contributed by atoms with Crippen molar-refractivity contribution in [3.05, 3.63) is 57.7 Å². The minimum Gasteiger partial charge on any atom is -0.383 e. The molecule has 2 bridgehead atoms. The Hall–Kier alpha value is -2.44. The third kappa shape index (κ3) is 3.62. The van der Waals surface area contributed by atoms with Gasteiger partial charge in [-0.2, -0.15) is 4.31 Å². The summed E-state index contributed by atoms with van der Waals surface area (Å²) < 4.78 is 41.7. The molecular formula is C30H38N2O8S. The molecule has 41 heavy (non-hydrogen) atoms. The number of nitro groups is 1. The van der Waals surface area contributed by atoms with E-state index in [0.29, 0.717) is 23.5 Å². The molecule has 0 radical (unpaired) electrons. The number of carbonyl (C=O) groups is 1. The highest BCUT2D eigenvalue weighted by molar-refractivity contribution is 7.89. The van der Waals surface area contributed by atoms with Crippen molar-refractivity contribution in [1.29, 1.82) is 0 Å². The molecule has 1 spiro atoms. The second kappa shape index (κ2) is 8.57. The first kappa shape index (κ1) is 28.7. The van der Waals surface area contributed by atoms with Crippen LogP contribution in [0.15, 0.2) is 52.5 Å². The smallest absolute Gasteiger partial charge is 0.269 e. The van der Waals surface area contributed by atoms with Gasteiger partial charge in [-0.3, -0.25) is 14.9 Å². The van der Waals surface area contributed by atoms with Gasteiger partial charge in [0, 0.05) is 25.1 Å². The predicted octanol–water partition coefficient (Wildman–Crippen LogP) is 3.85. The van der Waals surface area contributed by atoms with Crippen LogP contribution >= 0.6 is 0 Å². The third-order valence-corrected chi connectivity index (χ3v) is 12.6. The van der Waals surface area contributed by atoms with E-state index in [-0.39, 0.29) is 40.2 Å². The number of hydrogen-bond acceptors (Lipinski definition) is 8. The van der Waals surface area contributed by atoms with Crippen LogP contribution in [0.1, 0.15) is 48.0 Å². The van der Waals surface area contributed by atoms with E-state index in [1.165, 1.54) is 19.2 Å². The molecule has 222 valence electrons. The van der Waals surface area contributed by atoms with Crippen molar-refractivity contribution in [2.75, 3.05) is 13.7 Å². The lowest BCUT2D eigenvalue weighted by Crippen LogP contribution is -2.70. The van der Waals surface area contributed by atoms with Crippen molar-refractivity contribution >= 4 is 21.5 Å². The maximum atomic E-state index is 14.9. The molecule has 11 heteroatoms. The molecule has 2 saturated carbocycles. The lowest BCUT2D eigenvalue weighted by atomic mass is 9.58. The summed E-state index contributed by atoms with van der Waals surface area (Å²) in [6.45, 7) is 11.8. The van der Waals surface area contributed by atoms with E-state index in [2.05, 4.69) is 13.8 Å². The highest BCUT2D eigenvalue weighted by atomic mass is 32.2. The molecule has 4 aliphatic carbocycles. The van der Waals surface area contributed by atoms with E-state index >= 15 is 0 Å². The number of ether oxygens (including phenoxy) is 2. The number of benzene rings is 1. The van der Waals surface area contributed by atoms with E-state index in [1.54, 1.807) is 20.8 Å². The molecule has 1 N–H and O–H groups in total. The fourth-order valence-electron chi connectivity index (χ4n) is 8.74. The number of fused-ring (bicyclic) bond motifs is 5. The normalized spacial score (nSPS) is 40.4. The molecule has 1 aromatic carbocycles. The SMILES string of the molecule is CC1=C[C@]23C(=O)[C@@H](C=C4COC(C)(C)O[C@H]4[C@]2(O)[C@H]1N(C)S(=O)(=O)c1ccc([N+](=O)[O-])cc1)[C@H]1[C@@H](C[C@H]3C)C1(C)C. The van der Waals surface area contributed by atoms with Gasteiger partial charge in [0.1, 0.15) is 11.7 Å². The van der Waals surface area contributed by atoms with Crippen LogP contribution in [-0.4, -0.2) is 65.7 Å². The molecule has 0 aromatic heterocycles. The van der Waals surface area contributed by atoms with Crippen LogP contribution in [0.5, 0.6) is 0 Å². The lowest BCUT2D eigenvalue weighted by Gasteiger charge is -2.54. The Bertz CT molecular complexity index is 1510. The number of aliphatic hydroxyl groups is 1. The summed E-state index contributed by atoms with van der Waals surface area (Å²) in [5.74, 6) is -1.54. The molecular weight excluding hydrogens is 548 g/mol. The van der Waals surface area contributed by atoms with Crippen LogP contribution < -0.4 is 0 Å². The second-order valence-corrected chi connectivity index (χ2v) is 15.7. The zero-order valence-electron chi connectivity index (χ0n) is 24.5. The molecule has 8 atom stereocenters. The number of allylic oxidation sites excluding steroid dienone is 1. The number of ketones is 1. The van der Waals surface area contributed by atoms with E-state index in [1.807, 2.05) is 19.1 Å². The maximum Gasteiger partial charge on any atom is 0.269 e. The van der Waals surface area contributed by atoms with Gasteiger partial charge >= 0.3 is 0 Å². The summed E-state index contributed by atoms with van der Waals surface area (Å²) >= 11 is 0. The fourth-order valence-corrected chi connectivity index (χ4v) is 10.2. The molecule has 3 fully saturated rings. The summed E-state index contributed by atoms with van der Waals surface area (Å²) in [6, 6.07) is 3.52. The quantitative estimate of drug-likeness (QED) is 0.319. The molecule has 1 aliphatic heterocycles. The second-order valence-electron chi connectivity index (χ2n) is 13.7. The number of carbonyl (C=O) groups excluding carboxylic acids is 1. The minimum atomic E-state index is -4.27. The van der Waals surface area contributed by atoms with Crippen LogP contribution in [0.25, 0.3) is 0 Å². The molecule has 1 saturated heterocycles. The Morgan fingerprint density at radius 2 is 1.78 bits per heavy atom. The van der Waals surface area contributed by atoms with Crippen molar-refractivity contribution in [2.24, 2.45) is 34.5 Å². The number of sulfonamides is 1. The van der Waals surface area contributed by atoms with E-state index in [9.17, 15) is 28.4 Å². The summed E-state index contributed by atoms with van der Waals surface area (Å²) in [4.78, 5) is 25.3. The van der Waals surface area contributed by atoms with Crippen LogP contribution in [0.2, 0.25) is 0 Å². The van der Waals surface area contributed by atoms with E-state index < -0.39 is 49.8 Å². The van der Waals surface area contributed by atoms with Crippen LogP contribution in [0.4, 0.5) is 5.69 Å². The number of rotatable bonds is 4. The number of likely N-dealkylation sites (N-methyl/N-ethyl adjacent to an activating group) is 1. The number of non-ortho nitro benzene ring substituents is 1. The van der Waals surface area contributed by atoms with Gasteiger partial charge in [-0.1, -0.05) is 38.5 Å². The van der Waals surface area contributed by atoms with Crippen LogP contribution in [0.3, 0.4) is 0 Å². The van der Waals surface area contributed by atoms with E-state index in [0.717, 1.165) is 16.4 Å². The van der Waals surface area contributed by atoms with Crippen LogP contribution in [-0.2, 0) is 24.3 Å². The molecule has 5 aliphatic rings. The Labute approximate surface area is 240 Å². The summed E-state index contributed by atoms with van der Waals surface area (Å²) in [5.41, 5.74) is -2.43. The van der Waals surface area contributed by atoms with Crippen molar-refractivity contribution in [2.45, 2.75) is 76.4 Å². The predicted molar refractivity (Wildman–Crippen MR) is 149 cm³/mol. The average Bonchev–Trinajstić information content (AvgIpc) is 3.37. The monoisotopic (exact) mass is 586 g/mol. The Balaban J connectivity index is 1.54. The van der Waals surface area contributed by atoms with Gasteiger partial charge in [0.2, 0.25) is 10.0 Å². The first-order valence-corrected chi connectivity index (χ1v) is 15.6. The molecule has 6 rings (SSSR count). The maximum absolute atomic E-state index is 14.9. The largest absolute Gasteiger partial charge is 0.383 e. The standard InChI is InChI=1S/C30H38N2O8S/c1-16-14-29-17(2)12-22-23(27(22,3)4)21(25(29)33)13-18-15-39-28(5,6)40-26(18)30(29,34)24(16)31(7)41(37,38)20-10-8-19(9-11-20)32(35)36/h8-11,13-14,17,21-24,26,34H,12,15H2,1-7H3/t17-,21+,22-,23+,24+,26-,29+,30-/m1/s1. The van der Waals surface area contributed by atoms with Gasteiger partial charge in [0.15, 0.2) is 11.6 Å². The van der Waals surface area contributed by atoms with Crippen LogP contribution in [0, 0.1) is 44.6 Å². The summed E-state index contributed by atoms with van der Waals surface area (Å²) in [5, 5.41) is 24.4. The average molecular weight is 587 g/mol. The van der Waals surface area contributed by atoms with Gasteiger partial charge in [0.05, 0.1) is 27.9 Å². The molecule has 10 nitrogen and oxygen atoms in total. The Morgan fingerprint density at radius 1 is 1.15 bits per heavy atom. The van der Waals surface area contributed by atoms with Gasteiger partial charge in [-0.05, 0) is 68.1 Å². The molecule has 0 unspecified atom stereocenters. The first-order valence-electron chi connectivity index (χ1n) is 14.1. The van der Waals surface area contributed by atoms with E-state index in [4.69, 9.17) is 9.47 Å². The first-order chi connectivity index (χ1) is 18.9. The fraction of sp³-hybridized carbons (Fsp3) is 0.633. The number of hydrogen-bond donors (Lipinski definition) is 1. The van der Waals surface area contributed by atoms with Crippen molar-refractivity contribution < 1.29 is 32.7 Å². The van der Waals surface area contributed by atoms with Gasteiger partial charge < -0.3 is 14.6 Å². The lowest BCUT2D eigenvalue weighted by molar-refractivity contribution is -0.384. The van der Waals surface area contributed by atoms with Crippen molar-refractivity contribution in [3.63, 3.8) is 0 Å². The summed E-state index contributed by atoms with van der Waals surface area (Å²) in [6.07, 6.45) is 3.47. The Kier molecular flexibility index (Phi) is 5.99. The number of nitro benzene ring substituents is 1. The van der Waals surface area contributed by atoms with Crippen molar-refractivity contribution in [1.82, 2.24) is 4.31 Å². The van der Waals surface area contributed by atoms with Crippen molar-refractivity contribution in [3.8, 4) is 0 Å².